The molecule has 17 heavy (non-hydrogen) atoms. The number of guanidine groups is 5. The van der Waals surface area contributed by atoms with E-state index in [1.807, 2.05) is 0 Å². The Bertz CT molecular complexity index is 576. The summed E-state index contributed by atoms with van der Waals surface area (Å²) in [5.74, 6) is 1.14. The second kappa shape index (κ2) is 3.07. The second-order valence-electron chi connectivity index (χ2n) is 3.24. The van der Waals surface area contributed by atoms with Gasteiger partial charge in [0.1, 0.15) is 0 Å². The molecule has 0 amide bonds. The molecule has 0 saturated heterocycles. The Hall–Kier alpha value is -2.84. The summed E-state index contributed by atoms with van der Waals surface area (Å²) in [5, 5.41) is 20.3. The van der Waals surface area contributed by atoms with E-state index < -0.39 is 0 Å². The van der Waals surface area contributed by atoms with Crippen molar-refractivity contribution < 1.29 is 0 Å². The van der Waals surface area contributed by atoms with E-state index in [-0.39, 0.29) is 23.8 Å². The van der Waals surface area contributed by atoms with Gasteiger partial charge in [0.05, 0.1) is 0 Å². The zero-order chi connectivity index (χ0) is 12.0. The SMILES string of the molecule is C=CC1=NC2=NC(=N)NC3=NC(=N)NC(=N1)N23. The first-order valence-electron chi connectivity index (χ1n) is 4.66. The summed E-state index contributed by atoms with van der Waals surface area (Å²) in [5.41, 5.74) is 0. The first kappa shape index (κ1) is 9.39. The predicted octanol–water partition coefficient (Wildman–Crippen LogP) is -0.970. The maximum absolute atomic E-state index is 7.50. The molecule has 9 heteroatoms. The summed E-state index contributed by atoms with van der Waals surface area (Å²) in [4.78, 5) is 17.5. The van der Waals surface area contributed by atoms with Crippen LogP contribution in [-0.2, 0) is 0 Å². The molecule has 0 aliphatic carbocycles. The van der Waals surface area contributed by atoms with Crippen LogP contribution >= 0.6 is 0 Å². The molecule has 0 fully saturated rings. The molecule has 4 N–H and O–H groups in total. The summed E-state index contributed by atoms with van der Waals surface area (Å²) in [7, 11) is 0. The Morgan fingerprint density at radius 1 is 1.00 bits per heavy atom. The Morgan fingerprint density at radius 2 is 1.65 bits per heavy atom. The minimum Gasteiger partial charge on any atom is -0.294 e. The number of aliphatic imine (C=N–C) groups is 4. The van der Waals surface area contributed by atoms with Gasteiger partial charge in [-0.2, -0.15) is 20.0 Å². The topological polar surface area (TPSA) is 124 Å². The van der Waals surface area contributed by atoms with Gasteiger partial charge in [0.2, 0.25) is 29.8 Å². The van der Waals surface area contributed by atoms with Gasteiger partial charge in [0.25, 0.3) is 0 Å². The normalized spacial score (nSPS) is 21.3. The number of nitrogens with zero attached hydrogens (tertiary/aromatic N) is 5. The molecule has 0 spiro atoms. The molecule has 0 aromatic heterocycles. The lowest BCUT2D eigenvalue weighted by Crippen LogP contribution is -2.62. The van der Waals surface area contributed by atoms with Crippen LogP contribution in [0, 0.1) is 10.8 Å². The third kappa shape index (κ3) is 1.33. The van der Waals surface area contributed by atoms with E-state index in [2.05, 4.69) is 37.2 Å². The number of nitrogens with one attached hydrogen (secondary N) is 4. The third-order valence-electron chi connectivity index (χ3n) is 2.13. The fraction of sp³-hybridized carbons (Fsp3) is 0. The molecule has 3 rings (SSSR count). The fourth-order valence-electron chi connectivity index (χ4n) is 1.48. The highest BCUT2D eigenvalue weighted by atomic mass is 15.5. The molecule has 3 aliphatic rings. The van der Waals surface area contributed by atoms with Gasteiger partial charge in [-0.05, 0) is 6.08 Å². The highest BCUT2D eigenvalue weighted by Crippen LogP contribution is 2.11. The van der Waals surface area contributed by atoms with Crippen LogP contribution in [0.2, 0.25) is 0 Å². The third-order valence-corrected chi connectivity index (χ3v) is 2.13. The zero-order valence-electron chi connectivity index (χ0n) is 8.52. The van der Waals surface area contributed by atoms with Crippen LogP contribution in [0.1, 0.15) is 0 Å². The molecule has 9 nitrogen and oxygen atoms in total. The number of hydrogen-bond acceptors (Lipinski definition) is 5. The molecule has 3 heterocycles. The van der Waals surface area contributed by atoms with E-state index in [0.29, 0.717) is 11.8 Å². The lowest BCUT2D eigenvalue weighted by Gasteiger charge is -2.34. The monoisotopic (exact) mass is 229 g/mol. The standard InChI is InChI=1S/C8H7N9/c1-2-3-11-6-13-4(9)15-8-16-5(10)14-7(12-3)17(6)8/h2H,1H2,(H4,9,10,11,12,13,14,15,16). The first-order chi connectivity index (χ1) is 8.17. The van der Waals surface area contributed by atoms with Gasteiger partial charge in [-0.1, -0.05) is 6.58 Å². The van der Waals surface area contributed by atoms with E-state index >= 15 is 0 Å². The molecule has 84 valence electrons. The van der Waals surface area contributed by atoms with Crippen molar-refractivity contribution in [2.24, 2.45) is 20.0 Å². The van der Waals surface area contributed by atoms with Crippen LogP contribution in [0.25, 0.3) is 0 Å². The van der Waals surface area contributed by atoms with Crippen molar-refractivity contribution in [2.75, 3.05) is 0 Å². The van der Waals surface area contributed by atoms with Crippen LogP contribution in [0.5, 0.6) is 0 Å². The summed E-state index contributed by atoms with van der Waals surface area (Å²) in [6.45, 7) is 3.57. The van der Waals surface area contributed by atoms with E-state index in [1.165, 1.54) is 11.0 Å². The molecule has 0 aromatic carbocycles. The van der Waals surface area contributed by atoms with Gasteiger partial charge < -0.3 is 0 Å². The van der Waals surface area contributed by atoms with Crippen LogP contribution in [-0.4, -0.2) is 40.5 Å². The highest BCUT2D eigenvalue weighted by Gasteiger charge is 2.35. The molecular weight excluding hydrogens is 222 g/mol. The first-order valence-corrected chi connectivity index (χ1v) is 4.66. The Labute approximate surface area is 95.4 Å². The van der Waals surface area contributed by atoms with Crippen LogP contribution in [0.4, 0.5) is 0 Å². The Morgan fingerprint density at radius 3 is 2.35 bits per heavy atom. The Kier molecular flexibility index (Phi) is 1.70. The van der Waals surface area contributed by atoms with Crippen molar-refractivity contribution in [3.63, 3.8) is 0 Å². The molecule has 0 atom stereocenters. The van der Waals surface area contributed by atoms with Gasteiger partial charge in [-0.25, -0.2) is 4.90 Å². The van der Waals surface area contributed by atoms with Crippen LogP contribution in [0.3, 0.4) is 0 Å². The molecule has 0 radical (unpaired) electrons. The van der Waals surface area contributed by atoms with E-state index in [9.17, 15) is 0 Å². The van der Waals surface area contributed by atoms with Gasteiger partial charge in [0.15, 0.2) is 5.84 Å². The largest absolute Gasteiger partial charge is 0.294 e. The van der Waals surface area contributed by atoms with Crippen LogP contribution < -0.4 is 10.6 Å². The fourth-order valence-corrected chi connectivity index (χ4v) is 1.48. The van der Waals surface area contributed by atoms with Crippen molar-refractivity contribution in [3.8, 4) is 0 Å². The minimum absolute atomic E-state index is 0.0677. The molecule has 0 bridgehead atoms. The van der Waals surface area contributed by atoms with Gasteiger partial charge in [-0.15, -0.1) is 0 Å². The maximum atomic E-state index is 7.50. The quantitative estimate of drug-likeness (QED) is 0.462. The smallest absolute Gasteiger partial charge is 0.244 e. The molecule has 0 saturated carbocycles. The van der Waals surface area contributed by atoms with Crippen molar-refractivity contribution in [1.82, 2.24) is 15.5 Å². The van der Waals surface area contributed by atoms with Crippen molar-refractivity contribution in [1.29, 1.82) is 10.8 Å². The number of amidine groups is 1. The van der Waals surface area contributed by atoms with E-state index in [1.54, 1.807) is 0 Å². The van der Waals surface area contributed by atoms with Gasteiger partial charge in [0, 0.05) is 0 Å². The van der Waals surface area contributed by atoms with Gasteiger partial charge >= 0.3 is 0 Å². The molecule has 0 aromatic rings. The zero-order valence-corrected chi connectivity index (χ0v) is 8.52. The summed E-state index contributed by atoms with van der Waals surface area (Å²) < 4.78 is 0. The van der Waals surface area contributed by atoms with Gasteiger partial charge in [-0.3, -0.25) is 21.5 Å². The molecule has 0 unspecified atom stereocenters. The minimum atomic E-state index is -0.0851. The summed E-state index contributed by atoms with van der Waals surface area (Å²) >= 11 is 0. The predicted molar refractivity (Wildman–Crippen MR) is 63.5 cm³/mol. The second-order valence-corrected chi connectivity index (χ2v) is 3.24. The summed E-state index contributed by atoms with van der Waals surface area (Å²) in [6.07, 6.45) is 1.47. The van der Waals surface area contributed by atoms with E-state index in [4.69, 9.17) is 10.8 Å². The molecule has 3 aliphatic heterocycles. The highest BCUT2D eigenvalue weighted by molar-refractivity contribution is 6.32. The summed E-state index contributed by atoms with van der Waals surface area (Å²) in [6, 6.07) is 0. The number of hydrogen-bond donors (Lipinski definition) is 4. The average molecular weight is 229 g/mol. The number of rotatable bonds is 1. The molecular formula is C8H7N9. The lowest BCUT2D eigenvalue weighted by atomic mass is 10.4. The van der Waals surface area contributed by atoms with Crippen molar-refractivity contribution in [3.05, 3.63) is 12.7 Å². The van der Waals surface area contributed by atoms with Crippen molar-refractivity contribution >= 4 is 35.6 Å². The van der Waals surface area contributed by atoms with E-state index in [0.717, 1.165) is 0 Å². The van der Waals surface area contributed by atoms with Crippen LogP contribution in [0.15, 0.2) is 32.6 Å². The average Bonchev–Trinajstić information content (AvgIpc) is 2.26. The Balaban J connectivity index is 2.20. The lowest BCUT2D eigenvalue weighted by molar-refractivity contribution is 0.773. The van der Waals surface area contributed by atoms with Crippen molar-refractivity contribution in [2.45, 2.75) is 0 Å². The maximum Gasteiger partial charge on any atom is 0.244 e.